The Kier molecular flexibility index (Phi) is 4.64. The topological polar surface area (TPSA) is 15.3 Å². The van der Waals surface area contributed by atoms with Gasteiger partial charge in [0.2, 0.25) is 5.92 Å². The molecule has 1 aromatic carbocycles. The van der Waals surface area contributed by atoms with Gasteiger partial charge < -0.3 is 5.32 Å². The molecule has 2 nitrogen and oxygen atoms in total. The highest BCUT2D eigenvalue weighted by Gasteiger charge is 2.51. The van der Waals surface area contributed by atoms with Crippen molar-refractivity contribution in [2.75, 3.05) is 13.1 Å². The van der Waals surface area contributed by atoms with Gasteiger partial charge in [-0.1, -0.05) is 17.7 Å². The third-order valence-electron chi connectivity index (χ3n) is 5.02. The molecule has 1 unspecified atom stereocenters. The van der Waals surface area contributed by atoms with Gasteiger partial charge in [-0.15, -0.1) is 0 Å². The third-order valence-corrected chi connectivity index (χ3v) is 5.33. The molecular weight excluding hydrogens is 325 g/mol. The van der Waals surface area contributed by atoms with Crippen molar-refractivity contribution in [1.82, 2.24) is 10.2 Å². The minimum Gasteiger partial charge on any atom is -0.311 e. The number of piperazine rings is 1. The lowest BCUT2D eigenvalue weighted by Gasteiger charge is -2.49. The molecule has 1 saturated heterocycles. The van der Waals surface area contributed by atoms with Crippen LogP contribution in [0.3, 0.4) is 0 Å². The molecule has 6 heteroatoms. The minimum absolute atomic E-state index is 0.0631. The van der Waals surface area contributed by atoms with Crippen molar-refractivity contribution in [2.45, 2.75) is 50.7 Å². The van der Waals surface area contributed by atoms with Crippen LogP contribution in [0, 0.1) is 11.7 Å². The van der Waals surface area contributed by atoms with Crippen LogP contribution in [0.5, 0.6) is 0 Å². The number of nitrogens with one attached hydrogen (secondary N) is 1. The summed E-state index contributed by atoms with van der Waals surface area (Å²) in [6, 6.07) is 5.00. The summed E-state index contributed by atoms with van der Waals surface area (Å²) < 4.78 is 40.8. The van der Waals surface area contributed by atoms with Crippen LogP contribution >= 0.6 is 11.6 Å². The van der Waals surface area contributed by atoms with Crippen molar-refractivity contribution in [3.05, 3.63) is 34.6 Å². The van der Waals surface area contributed by atoms with E-state index in [0.717, 1.165) is 18.7 Å². The molecule has 1 aromatic rings. The lowest BCUT2D eigenvalue weighted by atomic mass is 9.73. The molecule has 0 spiro atoms. The van der Waals surface area contributed by atoms with E-state index in [0.29, 0.717) is 0 Å². The van der Waals surface area contributed by atoms with Crippen LogP contribution in [0.1, 0.15) is 38.3 Å². The number of rotatable bonds is 3. The Morgan fingerprint density at radius 2 is 2.00 bits per heavy atom. The molecule has 1 saturated carbocycles. The number of hydrogen-bond acceptors (Lipinski definition) is 2. The van der Waals surface area contributed by atoms with E-state index >= 15 is 0 Å². The van der Waals surface area contributed by atoms with E-state index < -0.39 is 11.7 Å². The fourth-order valence-corrected chi connectivity index (χ4v) is 3.92. The van der Waals surface area contributed by atoms with Gasteiger partial charge in [-0.3, -0.25) is 4.90 Å². The van der Waals surface area contributed by atoms with Crippen molar-refractivity contribution < 1.29 is 13.2 Å². The summed E-state index contributed by atoms with van der Waals surface area (Å²) in [5.41, 5.74) is 0.744. The lowest BCUT2D eigenvalue weighted by molar-refractivity contribution is -0.137. The van der Waals surface area contributed by atoms with Gasteiger partial charge in [-0.2, -0.15) is 0 Å². The Balaban J connectivity index is 1.91. The smallest absolute Gasteiger partial charge is 0.248 e. The molecule has 23 heavy (non-hydrogen) atoms. The van der Waals surface area contributed by atoms with Gasteiger partial charge in [0.1, 0.15) is 5.82 Å². The Morgan fingerprint density at radius 3 is 2.61 bits per heavy atom. The van der Waals surface area contributed by atoms with Gasteiger partial charge in [0.25, 0.3) is 0 Å². The van der Waals surface area contributed by atoms with Gasteiger partial charge in [0, 0.05) is 44.1 Å². The van der Waals surface area contributed by atoms with Crippen LogP contribution in [0.2, 0.25) is 5.02 Å². The monoisotopic (exact) mass is 346 g/mol. The lowest BCUT2D eigenvalue weighted by Crippen LogP contribution is -2.58. The SMILES string of the molecule is C[C@@H]1CN[C@@H](C)CN1C(c1ccc(Cl)c(F)c1)C1CC(F)(F)C1. The van der Waals surface area contributed by atoms with Crippen molar-refractivity contribution in [3.63, 3.8) is 0 Å². The van der Waals surface area contributed by atoms with Crippen LogP contribution in [0.4, 0.5) is 13.2 Å². The Morgan fingerprint density at radius 1 is 1.30 bits per heavy atom. The highest BCUT2D eigenvalue weighted by atomic mass is 35.5. The summed E-state index contributed by atoms with van der Waals surface area (Å²) >= 11 is 5.78. The molecule has 3 rings (SSSR count). The van der Waals surface area contributed by atoms with E-state index in [-0.39, 0.29) is 41.9 Å². The zero-order valence-electron chi connectivity index (χ0n) is 13.3. The summed E-state index contributed by atoms with van der Waals surface area (Å²) in [7, 11) is 0. The minimum atomic E-state index is -2.59. The molecule has 1 aliphatic heterocycles. The molecule has 128 valence electrons. The Bertz CT molecular complexity index is 573. The molecule has 0 aromatic heterocycles. The van der Waals surface area contributed by atoms with Gasteiger partial charge in [-0.25, -0.2) is 13.2 Å². The van der Waals surface area contributed by atoms with E-state index in [1.165, 1.54) is 12.1 Å². The fourth-order valence-electron chi connectivity index (χ4n) is 3.80. The second kappa shape index (κ2) is 6.26. The van der Waals surface area contributed by atoms with Gasteiger partial charge in [0.15, 0.2) is 0 Å². The zero-order chi connectivity index (χ0) is 16.8. The predicted octanol–water partition coefficient (Wildman–Crippen LogP) is 4.25. The second-order valence-corrected chi connectivity index (χ2v) is 7.40. The van der Waals surface area contributed by atoms with E-state index in [9.17, 15) is 13.2 Å². The number of halogens is 4. The largest absolute Gasteiger partial charge is 0.311 e. The summed E-state index contributed by atoms with van der Waals surface area (Å²) in [4.78, 5) is 2.24. The van der Waals surface area contributed by atoms with Gasteiger partial charge in [-0.05, 0) is 37.5 Å². The molecule has 0 amide bonds. The van der Waals surface area contributed by atoms with Crippen molar-refractivity contribution >= 4 is 11.6 Å². The Hall–Kier alpha value is -0.780. The normalized spacial score (nSPS) is 30.0. The van der Waals surface area contributed by atoms with Crippen LogP contribution in [-0.4, -0.2) is 36.0 Å². The van der Waals surface area contributed by atoms with E-state index in [1.807, 2.05) is 0 Å². The standard InChI is InChI=1S/C17H22ClF3N2/c1-10-9-23(11(2)8-22-10)16(13-6-17(20,21)7-13)12-3-4-14(18)15(19)5-12/h3-5,10-11,13,16,22H,6-9H2,1-2H3/t10-,11+,16?/m0/s1. The van der Waals surface area contributed by atoms with Crippen LogP contribution in [0.25, 0.3) is 0 Å². The van der Waals surface area contributed by atoms with E-state index in [4.69, 9.17) is 11.6 Å². The first kappa shape index (κ1) is 17.1. The molecule has 3 atom stereocenters. The molecular formula is C17H22ClF3N2. The first-order chi connectivity index (χ1) is 10.8. The number of alkyl halides is 2. The van der Waals surface area contributed by atoms with E-state index in [1.54, 1.807) is 6.07 Å². The number of nitrogens with zero attached hydrogens (tertiary/aromatic N) is 1. The quantitative estimate of drug-likeness (QED) is 0.880. The summed E-state index contributed by atoms with van der Waals surface area (Å²) in [5, 5.41) is 3.46. The van der Waals surface area contributed by atoms with Crippen LogP contribution in [0.15, 0.2) is 18.2 Å². The number of benzene rings is 1. The average molecular weight is 347 g/mol. The highest BCUT2D eigenvalue weighted by Crippen LogP contribution is 2.51. The maximum absolute atomic E-state index is 13.9. The van der Waals surface area contributed by atoms with Crippen LogP contribution in [-0.2, 0) is 0 Å². The third kappa shape index (κ3) is 3.52. The first-order valence-corrected chi connectivity index (χ1v) is 8.46. The Labute approximate surface area is 140 Å². The van der Waals surface area contributed by atoms with Crippen molar-refractivity contribution in [3.8, 4) is 0 Å². The summed E-state index contributed by atoms with van der Waals surface area (Å²) in [6.07, 6.45) is -0.264. The van der Waals surface area contributed by atoms with Gasteiger partial charge in [0.05, 0.1) is 5.02 Å². The molecule has 2 fully saturated rings. The molecule has 1 heterocycles. The number of hydrogen-bond donors (Lipinski definition) is 1. The van der Waals surface area contributed by atoms with Crippen LogP contribution < -0.4 is 5.32 Å². The first-order valence-electron chi connectivity index (χ1n) is 8.09. The van der Waals surface area contributed by atoms with Crippen molar-refractivity contribution in [2.24, 2.45) is 5.92 Å². The maximum Gasteiger partial charge on any atom is 0.248 e. The molecule has 0 radical (unpaired) electrons. The molecule has 2 aliphatic rings. The zero-order valence-corrected chi connectivity index (χ0v) is 14.1. The highest BCUT2D eigenvalue weighted by molar-refractivity contribution is 6.30. The van der Waals surface area contributed by atoms with Crippen molar-refractivity contribution in [1.29, 1.82) is 0 Å². The summed E-state index contributed by atoms with van der Waals surface area (Å²) in [5.74, 6) is -3.23. The molecule has 0 bridgehead atoms. The predicted molar refractivity (Wildman–Crippen MR) is 85.5 cm³/mol. The average Bonchev–Trinajstić information content (AvgIpc) is 2.45. The molecule has 1 N–H and O–H groups in total. The fraction of sp³-hybridized carbons (Fsp3) is 0.647. The maximum atomic E-state index is 13.9. The summed E-state index contributed by atoms with van der Waals surface area (Å²) in [6.45, 7) is 5.72. The molecule has 1 aliphatic carbocycles. The van der Waals surface area contributed by atoms with Gasteiger partial charge >= 0.3 is 0 Å². The van der Waals surface area contributed by atoms with E-state index in [2.05, 4.69) is 24.1 Å². The second-order valence-electron chi connectivity index (χ2n) is 7.00.